The van der Waals surface area contributed by atoms with E-state index in [9.17, 15) is 16.8 Å². The highest BCUT2D eigenvalue weighted by Crippen LogP contribution is 2.25. The summed E-state index contributed by atoms with van der Waals surface area (Å²) in [6.45, 7) is 4.59. The predicted octanol–water partition coefficient (Wildman–Crippen LogP) is 0.872. The molecular formula is C14H21NO4S2. The zero-order valence-corrected chi connectivity index (χ0v) is 13.8. The Morgan fingerprint density at radius 1 is 1.19 bits per heavy atom. The van der Waals surface area contributed by atoms with Crippen molar-refractivity contribution in [2.75, 3.05) is 18.1 Å². The fourth-order valence-corrected chi connectivity index (χ4v) is 7.22. The molecule has 0 amide bonds. The van der Waals surface area contributed by atoms with Gasteiger partial charge in [-0.2, -0.15) is 0 Å². The number of hydrogen-bond donors (Lipinski definition) is 1. The molecule has 1 aromatic rings. The molecule has 0 aromatic heterocycles. The number of rotatable bonds is 5. The predicted molar refractivity (Wildman–Crippen MR) is 82.7 cm³/mol. The Labute approximate surface area is 126 Å². The molecule has 0 unspecified atom stereocenters. The lowest BCUT2D eigenvalue weighted by atomic mass is 10.2. The second kappa shape index (κ2) is 6.06. The van der Waals surface area contributed by atoms with Gasteiger partial charge in [0.25, 0.3) is 0 Å². The highest BCUT2D eigenvalue weighted by atomic mass is 32.2. The van der Waals surface area contributed by atoms with Gasteiger partial charge in [0.15, 0.2) is 19.7 Å². The van der Waals surface area contributed by atoms with Gasteiger partial charge in [0.05, 0.1) is 21.7 Å². The minimum atomic E-state index is -3.65. The molecule has 1 saturated heterocycles. The van der Waals surface area contributed by atoms with E-state index in [4.69, 9.17) is 0 Å². The molecule has 1 aliphatic rings. The summed E-state index contributed by atoms with van der Waals surface area (Å²) in [7, 11) is -6.97. The van der Waals surface area contributed by atoms with Crippen LogP contribution >= 0.6 is 0 Å². The van der Waals surface area contributed by atoms with Crippen LogP contribution in [-0.2, 0) is 19.7 Å². The van der Waals surface area contributed by atoms with Crippen molar-refractivity contribution in [3.8, 4) is 0 Å². The quantitative estimate of drug-likeness (QED) is 0.866. The normalized spacial score (nSPS) is 25.3. The van der Waals surface area contributed by atoms with E-state index in [1.54, 1.807) is 18.2 Å². The van der Waals surface area contributed by atoms with Crippen molar-refractivity contribution in [2.45, 2.75) is 30.0 Å². The van der Waals surface area contributed by atoms with E-state index in [-0.39, 0.29) is 16.4 Å². The Kier molecular flexibility index (Phi) is 4.75. The van der Waals surface area contributed by atoms with Gasteiger partial charge in [0, 0.05) is 6.04 Å². The summed E-state index contributed by atoms with van der Waals surface area (Å²) in [5, 5.41) is 2.19. The van der Waals surface area contributed by atoms with E-state index in [0.29, 0.717) is 12.5 Å². The molecule has 0 aliphatic carbocycles. The first kappa shape index (κ1) is 16.5. The SMILES string of the molecule is CC(C)CN[C@@H]1CS(=O)(=O)C[C@H]1S(=O)(=O)c1ccccc1. The van der Waals surface area contributed by atoms with Crippen molar-refractivity contribution in [3.63, 3.8) is 0 Å². The largest absolute Gasteiger partial charge is 0.311 e. The lowest BCUT2D eigenvalue weighted by Gasteiger charge is -2.21. The van der Waals surface area contributed by atoms with E-state index in [1.165, 1.54) is 12.1 Å². The van der Waals surface area contributed by atoms with Crippen molar-refractivity contribution in [3.05, 3.63) is 30.3 Å². The van der Waals surface area contributed by atoms with Crippen LogP contribution in [0.5, 0.6) is 0 Å². The molecule has 7 heteroatoms. The van der Waals surface area contributed by atoms with Gasteiger partial charge in [0.1, 0.15) is 0 Å². The van der Waals surface area contributed by atoms with Crippen LogP contribution in [0.15, 0.2) is 35.2 Å². The maximum atomic E-state index is 12.7. The number of sulfone groups is 2. The molecule has 0 bridgehead atoms. The van der Waals surface area contributed by atoms with Crippen LogP contribution < -0.4 is 5.32 Å². The Morgan fingerprint density at radius 2 is 1.81 bits per heavy atom. The van der Waals surface area contributed by atoms with Gasteiger partial charge in [-0.15, -0.1) is 0 Å². The average Bonchev–Trinajstić information content (AvgIpc) is 2.73. The zero-order chi connectivity index (χ0) is 15.7. The van der Waals surface area contributed by atoms with Crippen molar-refractivity contribution >= 4 is 19.7 Å². The number of nitrogens with one attached hydrogen (secondary N) is 1. The van der Waals surface area contributed by atoms with Crippen LogP contribution in [0.4, 0.5) is 0 Å². The lowest BCUT2D eigenvalue weighted by molar-refractivity contribution is 0.480. The van der Waals surface area contributed by atoms with Crippen molar-refractivity contribution in [2.24, 2.45) is 5.92 Å². The molecule has 0 spiro atoms. The molecule has 21 heavy (non-hydrogen) atoms. The van der Waals surface area contributed by atoms with Crippen LogP contribution in [0.25, 0.3) is 0 Å². The Hall–Kier alpha value is -0.920. The van der Waals surface area contributed by atoms with E-state index >= 15 is 0 Å². The van der Waals surface area contributed by atoms with Gasteiger partial charge >= 0.3 is 0 Å². The molecule has 0 radical (unpaired) electrons. The van der Waals surface area contributed by atoms with E-state index < -0.39 is 31.0 Å². The van der Waals surface area contributed by atoms with Gasteiger partial charge < -0.3 is 5.32 Å². The summed E-state index contributed by atoms with van der Waals surface area (Å²) in [6.07, 6.45) is 0. The second-order valence-corrected chi connectivity index (χ2v) is 10.2. The minimum absolute atomic E-state index is 0.115. The fraction of sp³-hybridized carbons (Fsp3) is 0.571. The first-order valence-electron chi connectivity index (χ1n) is 6.95. The van der Waals surface area contributed by atoms with Gasteiger partial charge in [-0.1, -0.05) is 32.0 Å². The van der Waals surface area contributed by atoms with Gasteiger partial charge in [-0.3, -0.25) is 0 Å². The summed E-state index contributed by atoms with van der Waals surface area (Å²) in [5.41, 5.74) is 0. The van der Waals surface area contributed by atoms with Crippen LogP contribution in [0.2, 0.25) is 0 Å². The molecule has 2 rings (SSSR count). The van der Waals surface area contributed by atoms with Crippen molar-refractivity contribution in [1.29, 1.82) is 0 Å². The standard InChI is InChI=1S/C14H21NO4S2/c1-11(2)8-15-13-9-20(16,17)10-14(13)21(18,19)12-6-4-3-5-7-12/h3-7,11,13-15H,8-10H2,1-2H3/t13-,14-/m1/s1. The van der Waals surface area contributed by atoms with Crippen molar-refractivity contribution in [1.82, 2.24) is 5.32 Å². The topological polar surface area (TPSA) is 80.3 Å². The van der Waals surface area contributed by atoms with Crippen LogP contribution in [-0.4, -0.2) is 46.2 Å². The zero-order valence-electron chi connectivity index (χ0n) is 12.2. The van der Waals surface area contributed by atoms with Gasteiger partial charge in [-0.25, -0.2) is 16.8 Å². The summed E-state index contributed by atoms with van der Waals surface area (Å²) in [5.74, 6) is -0.0930. The molecule has 2 atom stereocenters. The molecule has 5 nitrogen and oxygen atoms in total. The smallest absolute Gasteiger partial charge is 0.183 e. The van der Waals surface area contributed by atoms with Crippen LogP contribution in [0.1, 0.15) is 13.8 Å². The minimum Gasteiger partial charge on any atom is -0.311 e. The Bertz CT molecular complexity index is 681. The van der Waals surface area contributed by atoms with Gasteiger partial charge in [-0.05, 0) is 24.6 Å². The maximum absolute atomic E-state index is 12.7. The second-order valence-electron chi connectivity index (χ2n) is 5.88. The first-order chi connectivity index (χ1) is 9.72. The molecule has 0 saturated carbocycles. The first-order valence-corrected chi connectivity index (χ1v) is 10.3. The van der Waals surface area contributed by atoms with E-state index in [0.717, 1.165) is 0 Å². The summed E-state index contributed by atoms with van der Waals surface area (Å²) in [4.78, 5) is 0.184. The molecule has 1 N–H and O–H groups in total. The molecule has 1 heterocycles. The fourth-order valence-electron chi connectivity index (χ4n) is 2.48. The Balaban J connectivity index is 2.31. The third-order valence-corrected chi connectivity index (χ3v) is 7.73. The highest BCUT2D eigenvalue weighted by molar-refractivity contribution is 7.96. The molecule has 1 aromatic carbocycles. The highest BCUT2D eigenvalue weighted by Gasteiger charge is 2.45. The third kappa shape index (κ3) is 3.84. The van der Waals surface area contributed by atoms with E-state index in [1.807, 2.05) is 13.8 Å². The van der Waals surface area contributed by atoms with E-state index in [2.05, 4.69) is 5.32 Å². The Morgan fingerprint density at radius 3 is 2.38 bits per heavy atom. The van der Waals surface area contributed by atoms with Gasteiger partial charge in [0.2, 0.25) is 0 Å². The average molecular weight is 331 g/mol. The number of hydrogen-bond acceptors (Lipinski definition) is 5. The molecule has 1 aliphatic heterocycles. The summed E-state index contributed by atoms with van der Waals surface area (Å²) < 4.78 is 49.1. The van der Waals surface area contributed by atoms with Crippen LogP contribution in [0, 0.1) is 5.92 Å². The summed E-state index contributed by atoms with van der Waals surface area (Å²) in [6, 6.07) is 7.51. The van der Waals surface area contributed by atoms with Crippen LogP contribution in [0.3, 0.4) is 0 Å². The molecular weight excluding hydrogens is 310 g/mol. The monoisotopic (exact) mass is 331 g/mol. The number of benzene rings is 1. The van der Waals surface area contributed by atoms with Crippen molar-refractivity contribution < 1.29 is 16.8 Å². The lowest BCUT2D eigenvalue weighted by Crippen LogP contribution is -2.44. The third-order valence-electron chi connectivity index (χ3n) is 3.56. The maximum Gasteiger partial charge on any atom is 0.183 e. The summed E-state index contributed by atoms with van der Waals surface area (Å²) >= 11 is 0. The molecule has 118 valence electrons. The molecule has 1 fully saturated rings.